The predicted octanol–water partition coefficient (Wildman–Crippen LogP) is 5.08. The van der Waals surface area contributed by atoms with Gasteiger partial charge >= 0.3 is 5.69 Å². The summed E-state index contributed by atoms with van der Waals surface area (Å²) in [5.41, 5.74) is 2.25. The van der Waals surface area contributed by atoms with Gasteiger partial charge in [0.1, 0.15) is 5.76 Å². The number of rotatable bonds is 9. The second-order valence-electron chi connectivity index (χ2n) is 6.38. The Balaban J connectivity index is 0.00000189. The van der Waals surface area contributed by atoms with E-state index in [0.29, 0.717) is 47.4 Å². The summed E-state index contributed by atoms with van der Waals surface area (Å²) in [6, 6.07) is 0. The van der Waals surface area contributed by atoms with E-state index < -0.39 is 0 Å². The lowest BCUT2D eigenvalue weighted by Gasteiger charge is -2.05. The monoisotopic (exact) mass is 480 g/mol. The van der Waals surface area contributed by atoms with Gasteiger partial charge in [0.05, 0.1) is 25.6 Å². The Morgan fingerprint density at radius 3 is 2.48 bits per heavy atom. The van der Waals surface area contributed by atoms with Crippen molar-refractivity contribution in [3.63, 3.8) is 0 Å². The fourth-order valence-corrected chi connectivity index (χ4v) is 2.56. The first-order valence-electron chi connectivity index (χ1n) is 10.7. The lowest BCUT2D eigenvalue weighted by Crippen LogP contribution is -2.16. The Morgan fingerprint density at radius 2 is 1.91 bits per heavy atom. The highest BCUT2D eigenvalue weighted by molar-refractivity contribution is 6.31. The number of ether oxygens (including phenoxy) is 3. The highest BCUT2D eigenvalue weighted by Gasteiger charge is 2.11. The Bertz CT molecular complexity index is 1000. The number of hydrogen-bond acceptors (Lipinski definition) is 6. The Labute approximate surface area is 201 Å². The van der Waals surface area contributed by atoms with Gasteiger partial charge in [-0.05, 0) is 44.1 Å². The number of aryl methyl sites for hydroxylation is 1. The van der Waals surface area contributed by atoms with Crippen LogP contribution in [0.2, 0.25) is 0 Å². The summed E-state index contributed by atoms with van der Waals surface area (Å²) in [6.45, 7) is 8.69. The number of H-pyrrole nitrogens is 1. The zero-order valence-electron chi connectivity index (χ0n) is 20.9. The molecule has 0 amide bonds. The maximum Gasteiger partial charge on any atom is 0.328 e. The summed E-state index contributed by atoms with van der Waals surface area (Å²) >= 11 is 5.94. The van der Waals surface area contributed by atoms with Crippen LogP contribution >= 0.6 is 11.6 Å². The van der Waals surface area contributed by atoms with E-state index in [9.17, 15) is 4.79 Å². The van der Waals surface area contributed by atoms with E-state index >= 15 is 0 Å². The van der Waals surface area contributed by atoms with Crippen LogP contribution in [0.3, 0.4) is 0 Å². The number of allylic oxidation sites excluding steroid dienone is 6. The van der Waals surface area contributed by atoms with E-state index in [4.69, 9.17) is 21.1 Å². The molecule has 0 spiro atoms. The Kier molecular flexibility index (Phi) is 16.4. The molecule has 0 aliphatic heterocycles. The molecule has 0 saturated carbocycles. The molecular formula is C24H37ClN4O4. The summed E-state index contributed by atoms with van der Waals surface area (Å²) in [4.78, 5) is 23.9. The van der Waals surface area contributed by atoms with Crippen molar-refractivity contribution in [2.75, 3.05) is 35.0 Å². The maximum atomic E-state index is 12.3. The minimum absolute atomic E-state index is 0.239. The van der Waals surface area contributed by atoms with Gasteiger partial charge < -0.3 is 14.2 Å². The van der Waals surface area contributed by atoms with Gasteiger partial charge in [-0.15, -0.1) is 0 Å². The van der Waals surface area contributed by atoms with Crippen LogP contribution in [-0.4, -0.2) is 54.6 Å². The third-order valence-electron chi connectivity index (χ3n) is 4.00. The number of nitrogens with zero attached hydrogens (tertiary/aromatic N) is 3. The summed E-state index contributed by atoms with van der Waals surface area (Å²) < 4.78 is 16.2. The zero-order chi connectivity index (χ0) is 25.2. The van der Waals surface area contributed by atoms with Gasteiger partial charge in [0.25, 0.3) is 0 Å². The van der Waals surface area contributed by atoms with Gasteiger partial charge in [0.2, 0.25) is 0 Å². The summed E-state index contributed by atoms with van der Waals surface area (Å²) in [5, 5.41) is 0.657. The molecule has 0 aliphatic rings. The number of methoxy groups -OCH3 is 3. The average Bonchev–Trinajstić information content (AvgIpc) is 3.14. The highest BCUT2D eigenvalue weighted by Crippen LogP contribution is 2.16. The SMILES string of the molecule is C/C=C(Cl)\C=C/CCn1c(=O)[nH]c2ncc(/C(C)=C/C(=C\COC)OC)nc21.CC.COC. The molecule has 2 aromatic heterocycles. The number of nitrogens with one attached hydrogen (secondary N) is 1. The van der Waals surface area contributed by atoms with Crippen molar-refractivity contribution in [2.45, 2.75) is 40.7 Å². The average molecular weight is 481 g/mol. The van der Waals surface area contributed by atoms with Crippen molar-refractivity contribution in [1.82, 2.24) is 19.5 Å². The van der Waals surface area contributed by atoms with E-state index in [2.05, 4.69) is 19.7 Å². The number of aromatic amines is 1. The molecular weight excluding hydrogens is 444 g/mol. The Hall–Kier alpha value is -2.68. The first kappa shape index (κ1) is 30.3. The quantitative estimate of drug-likeness (QED) is 0.397. The molecule has 0 unspecified atom stereocenters. The minimum atomic E-state index is -0.239. The zero-order valence-corrected chi connectivity index (χ0v) is 21.7. The first-order valence-corrected chi connectivity index (χ1v) is 11.0. The van der Waals surface area contributed by atoms with Gasteiger partial charge in [0, 0.05) is 32.9 Å². The maximum absolute atomic E-state index is 12.3. The molecule has 8 nitrogen and oxygen atoms in total. The van der Waals surface area contributed by atoms with E-state index in [1.165, 1.54) is 0 Å². The van der Waals surface area contributed by atoms with Crippen molar-refractivity contribution in [1.29, 1.82) is 0 Å². The van der Waals surface area contributed by atoms with Crippen LogP contribution < -0.4 is 5.69 Å². The Morgan fingerprint density at radius 1 is 1.24 bits per heavy atom. The highest BCUT2D eigenvalue weighted by atomic mass is 35.5. The third kappa shape index (κ3) is 10.7. The van der Waals surface area contributed by atoms with Crippen LogP contribution in [0.25, 0.3) is 16.9 Å². The van der Waals surface area contributed by atoms with Crippen LogP contribution in [0.4, 0.5) is 0 Å². The molecule has 2 heterocycles. The molecule has 0 aliphatic carbocycles. The van der Waals surface area contributed by atoms with E-state index in [1.807, 2.05) is 52.0 Å². The fourth-order valence-electron chi connectivity index (χ4n) is 2.47. The number of imidazole rings is 1. The molecule has 2 aromatic rings. The molecule has 9 heteroatoms. The molecule has 0 aromatic carbocycles. The lowest BCUT2D eigenvalue weighted by molar-refractivity contribution is 0.226. The molecule has 2 rings (SSSR count). The summed E-state index contributed by atoms with van der Waals surface area (Å²) in [5.74, 6) is 0.665. The number of fused-ring (bicyclic) bond motifs is 1. The molecule has 0 saturated heterocycles. The van der Waals surface area contributed by atoms with Crippen LogP contribution in [0.15, 0.2) is 52.2 Å². The van der Waals surface area contributed by atoms with Gasteiger partial charge in [-0.25, -0.2) is 14.8 Å². The molecule has 0 radical (unpaired) electrons. The van der Waals surface area contributed by atoms with Gasteiger partial charge in [0.15, 0.2) is 11.3 Å². The summed E-state index contributed by atoms with van der Waals surface area (Å²) in [6.07, 6.45) is 11.5. The minimum Gasteiger partial charge on any atom is -0.497 e. The van der Waals surface area contributed by atoms with Crippen LogP contribution in [0.5, 0.6) is 0 Å². The smallest absolute Gasteiger partial charge is 0.328 e. The standard InChI is InChI=1S/C20H25ClN4O3.C2H6O.C2H6/c1-5-15(21)8-6-7-10-25-19-18(24-20(25)26)22-13-17(23-19)14(2)12-16(28-4)9-11-27-3;1-3-2;1-2/h5-6,8-9,12-13H,7,10-11H2,1-4H3,(H,22,24,26);1-2H3;1-2H3/b8-6-,14-12+,15-5+,16-9+;;. The van der Waals surface area contributed by atoms with Crippen molar-refractivity contribution in [2.24, 2.45) is 0 Å². The molecule has 0 atom stereocenters. The molecule has 1 N–H and O–H groups in total. The largest absolute Gasteiger partial charge is 0.497 e. The normalized spacial score (nSPS) is 12.3. The number of halogens is 1. The fraction of sp³-hybridized carbons (Fsp3) is 0.458. The molecule has 0 bridgehead atoms. The van der Waals surface area contributed by atoms with Crippen LogP contribution in [0.1, 0.15) is 39.8 Å². The van der Waals surface area contributed by atoms with Crippen molar-refractivity contribution in [3.8, 4) is 0 Å². The van der Waals surface area contributed by atoms with Crippen molar-refractivity contribution < 1.29 is 14.2 Å². The summed E-state index contributed by atoms with van der Waals surface area (Å²) in [7, 11) is 6.46. The second kappa shape index (κ2) is 17.8. The molecule has 0 fully saturated rings. The van der Waals surface area contributed by atoms with Crippen LogP contribution in [0, 0.1) is 0 Å². The third-order valence-corrected chi connectivity index (χ3v) is 4.35. The van der Waals surface area contributed by atoms with Crippen LogP contribution in [-0.2, 0) is 20.8 Å². The lowest BCUT2D eigenvalue weighted by atomic mass is 10.2. The van der Waals surface area contributed by atoms with E-state index in [1.54, 1.807) is 45.3 Å². The van der Waals surface area contributed by atoms with Gasteiger partial charge in [-0.3, -0.25) is 9.55 Å². The molecule has 184 valence electrons. The first-order chi connectivity index (χ1) is 15.9. The van der Waals surface area contributed by atoms with E-state index in [-0.39, 0.29) is 5.69 Å². The van der Waals surface area contributed by atoms with Crippen molar-refractivity contribution in [3.05, 3.63) is 63.5 Å². The topological polar surface area (TPSA) is 91.3 Å². The predicted molar refractivity (Wildman–Crippen MR) is 136 cm³/mol. The van der Waals surface area contributed by atoms with E-state index in [0.717, 1.165) is 5.57 Å². The number of hydrogen-bond donors (Lipinski definition) is 1. The molecule has 33 heavy (non-hydrogen) atoms. The van der Waals surface area contributed by atoms with Gasteiger partial charge in [-0.2, -0.15) is 0 Å². The number of aromatic nitrogens is 4. The second-order valence-corrected chi connectivity index (χ2v) is 6.81. The van der Waals surface area contributed by atoms with Crippen molar-refractivity contribution >= 4 is 28.5 Å². The van der Waals surface area contributed by atoms with Gasteiger partial charge in [-0.1, -0.05) is 37.6 Å².